The number of fused-ring (bicyclic) bond motifs is 1. The number of carbonyl (C=O) groups excluding carboxylic acids is 2. The number of H-pyrrole nitrogens is 1. The lowest BCUT2D eigenvalue weighted by Gasteiger charge is -2.31. The number of carbonyl (C=O) groups is 2. The first-order valence-corrected chi connectivity index (χ1v) is 9.55. The van der Waals surface area contributed by atoms with Gasteiger partial charge in [-0.2, -0.15) is 0 Å². The van der Waals surface area contributed by atoms with E-state index in [2.05, 4.69) is 17.2 Å². The van der Waals surface area contributed by atoms with Crippen LogP contribution in [0.25, 0.3) is 10.9 Å². The Bertz CT molecular complexity index is 815. The van der Waals surface area contributed by atoms with Crippen LogP contribution >= 0.6 is 0 Å². The standard InChI is InChI=1S/C21H28N2O4/c1-14-8-4-7-11-18(14)27-20(25)23-21(2,19(24)26-3)12-15-13-22-17-10-6-5-9-16(15)17/h5-6,9-10,13-14,18,22H,4,7-8,11-12H2,1-3H3,(H,23,25)/t14-,18-,21+/m0/s1. The lowest BCUT2D eigenvalue weighted by Crippen LogP contribution is -2.55. The van der Waals surface area contributed by atoms with E-state index in [1.165, 1.54) is 13.5 Å². The van der Waals surface area contributed by atoms with Crippen LogP contribution in [0.5, 0.6) is 0 Å². The molecule has 0 spiro atoms. The van der Waals surface area contributed by atoms with Crippen molar-refractivity contribution in [2.45, 2.75) is 57.6 Å². The molecule has 2 aromatic rings. The fourth-order valence-corrected chi connectivity index (χ4v) is 3.90. The maximum atomic E-state index is 12.5. The smallest absolute Gasteiger partial charge is 0.408 e. The monoisotopic (exact) mass is 372 g/mol. The van der Waals surface area contributed by atoms with Crippen LogP contribution in [-0.2, 0) is 20.7 Å². The Labute approximate surface area is 159 Å². The van der Waals surface area contributed by atoms with Crippen molar-refractivity contribution in [2.75, 3.05) is 7.11 Å². The number of aromatic amines is 1. The van der Waals surface area contributed by atoms with Gasteiger partial charge < -0.3 is 19.8 Å². The van der Waals surface area contributed by atoms with Gasteiger partial charge in [0.1, 0.15) is 11.6 Å². The minimum absolute atomic E-state index is 0.103. The number of hydrogen-bond acceptors (Lipinski definition) is 4. The highest BCUT2D eigenvalue weighted by atomic mass is 16.6. The Hall–Kier alpha value is -2.50. The lowest BCUT2D eigenvalue weighted by molar-refractivity contribution is -0.147. The highest BCUT2D eigenvalue weighted by Gasteiger charge is 2.38. The van der Waals surface area contributed by atoms with E-state index >= 15 is 0 Å². The summed E-state index contributed by atoms with van der Waals surface area (Å²) in [5.41, 5.74) is 0.706. The zero-order valence-electron chi connectivity index (χ0n) is 16.2. The summed E-state index contributed by atoms with van der Waals surface area (Å²) in [7, 11) is 1.33. The molecule has 0 radical (unpaired) electrons. The van der Waals surface area contributed by atoms with Gasteiger partial charge >= 0.3 is 12.1 Å². The van der Waals surface area contributed by atoms with E-state index in [4.69, 9.17) is 9.47 Å². The van der Waals surface area contributed by atoms with E-state index in [1.54, 1.807) is 6.92 Å². The Morgan fingerprint density at radius 1 is 1.26 bits per heavy atom. The van der Waals surface area contributed by atoms with E-state index in [-0.39, 0.29) is 6.10 Å². The molecular formula is C21H28N2O4. The Morgan fingerprint density at radius 2 is 2.00 bits per heavy atom. The van der Waals surface area contributed by atoms with Crippen molar-refractivity contribution in [1.82, 2.24) is 10.3 Å². The number of hydrogen-bond donors (Lipinski definition) is 2. The SMILES string of the molecule is COC(=O)[C@@](C)(Cc1c[nH]c2ccccc12)NC(=O)O[C@H]1CCCC[C@@H]1C. The third-order valence-electron chi connectivity index (χ3n) is 5.52. The molecule has 1 aromatic carbocycles. The number of para-hydroxylation sites is 1. The van der Waals surface area contributed by atoms with Crippen LogP contribution in [0.2, 0.25) is 0 Å². The van der Waals surface area contributed by atoms with Gasteiger partial charge in [-0.3, -0.25) is 0 Å². The van der Waals surface area contributed by atoms with Crippen LogP contribution < -0.4 is 5.32 Å². The van der Waals surface area contributed by atoms with Gasteiger partial charge in [0, 0.05) is 23.5 Å². The summed E-state index contributed by atoms with van der Waals surface area (Å²) in [6.07, 6.45) is 5.65. The minimum Gasteiger partial charge on any atom is -0.467 e. The van der Waals surface area contributed by atoms with Crippen molar-refractivity contribution < 1.29 is 19.1 Å². The summed E-state index contributed by atoms with van der Waals surface area (Å²) in [6, 6.07) is 7.85. The molecule has 0 bridgehead atoms. The topological polar surface area (TPSA) is 80.4 Å². The molecule has 1 heterocycles. The molecule has 6 nitrogen and oxygen atoms in total. The molecule has 1 saturated carbocycles. The van der Waals surface area contributed by atoms with Crippen LogP contribution in [0.4, 0.5) is 4.79 Å². The quantitative estimate of drug-likeness (QED) is 0.779. The van der Waals surface area contributed by atoms with Crippen LogP contribution in [0.15, 0.2) is 30.5 Å². The first kappa shape index (κ1) is 19.3. The van der Waals surface area contributed by atoms with Crippen molar-refractivity contribution in [1.29, 1.82) is 0 Å². The molecule has 146 valence electrons. The second-order valence-electron chi connectivity index (χ2n) is 7.69. The van der Waals surface area contributed by atoms with Gasteiger partial charge in [-0.25, -0.2) is 9.59 Å². The number of rotatable bonds is 5. The molecular weight excluding hydrogens is 344 g/mol. The van der Waals surface area contributed by atoms with E-state index in [0.29, 0.717) is 12.3 Å². The van der Waals surface area contributed by atoms with Crippen molar-refractivity contribution in [2.24, 2.45) is 5.92 Å². The Morgan fingerprint density at radius 3 is 2.74 bits per heavy atom. The van der Waals surface area contributed by atoms with Crippen molar-refractivity contribution >= 4 is 23.0 Å². The lowest BCUT2D eigenvalue weighted by atomic mass is 9.88. The van der Waals surface area contributed by atoms with E-state index in [1.807, 2.05) is 30.5 Å². The van der Waals surface area contributed by atoms with Crippen LogP contribution in [0.1, 0.15) is 45.1 Å². The molecule has 3 rings (SSSR count). The fraction of sp³-hybridized carbons (Fsp3) is 0.524. The zero-order chi connectivity index (χ0) is 19.4. The van der Waals surface area contributed by atoms with Crippen molar-refractivity contribution in [3.05, 3.63) is 36.0 Å². The third kappa shape index (κ3) is 4.26. The van der Waals surface area contributed by atoms with E-state index in [0.717, 1.165) is 35.7 Å². The Kier molecular flexibility index (Phi) is 5.73. The normalized spacial score (nSPS) is 22.0. The highest BCUT2D eigenvalue weighted by molar-refractivity contribution is 5.88. The molecule has 1 aliphatic carbocycles. The molecule has 0 saturated heterocycles. The maximum Gasteiger partial charge on any atom is 0.408 e. The van der Waals surface area contributed by atoms with Gasteiger partial charge in [0.05, 0.1) is 7.11 Å². The van der Waals surface area contributed by atoms with Crippen LogP contribution in [0.3, 0.4) is 0 Å². The second-order valence-corrected chi connectivity index (χ2v) is 7.69. The highest BCUT2D eigenvalue weighted by Crippen LogP contribution is 2.27. The number of esters is 1. The number of amides is 1. The van der Waals surface area contributed by atoms with Gasteiger partial charge in [0.25, 0.3) is 0 Å². The predicted molar refractivity (Wildman–Crippen MR) is 103 cm³/mol. The second kappa shape index (κ2) is 8.03. The largest absolute Gasteiger partial charge is 0.467 e. The first-order chi connectivity index (χ1) is 12.9. The molecule has 1 fully saturated rings. The number of aromatic nitrogens is 1. The number of methoxy groups -OCH3 is 1. The summed E-state index contributed by atoms with van der Waals surface area (Å²) in [5.74, 6) is -0.163. The molecule has 3 atom stereocenters. The Balaban J connectivity index is 1.76. The summed E-state index contributed by atoms with van der Waals surface area (Å²) >= 11 is 0. The van der Waals surface area contributed by atoms with Gasteiger partial charge in [-0.05, 0) is 43.7 Å². The van der Waals surface area contributed by atoms with Crippen LogP contribution in [0, 0.1) is 5.92 Å². The first-order valence-electron chi connectivity index (χ1n) is 9.55. The zero-order valence-corrected chi connectivity index (χ0v) is 16.2. The van der Waals surface area contributed by atoms with Gasteiger partial charge in [0.2, 0.25) is 0 Å². The molecule has 2 N–H and O–H groups in total. The molecule has 0 unspecified atom stereocenters. The van der Waals surface area contributed by atoms with E-state index in [9.17, 15) is 9.59 Å². The summed E-state index contributed by atoms with van der Waals surface area (Å²) in [5, 5.41) is 3.78. The van der Waals surface area contributed by atoms with Crippen molar-refractivity contribution in [3.63, 3.8) is 0 Å². The number of alkyl carbamates (subject to hydrolysis) is 1. The molecule has 6 heteroatoms. The van der Waals surface area contributed by atoms with Gasteiger partial charge in [-0.15, -0.1) is 0 Å². The summed E-state index contributed by atoms with van der Waals surface area (Å²) in [4.78, 5) is 28.2. The predicted octanol–water partition coefficient (Wildman–Crippen LogP) is 3.95. The van der Waals surface area contributed by atoms with Gasteiger partial charge in [-0.1, -0.05) is 31.5 Å². The molecule has 1 aliphatic rings. The van der Waals surface area contributed by atoms with E-state index < -0.39 is 17.6 Å². The molecule has 27 heavy (non-hydrogen) atoms. The maximum absolute atomic E-state index is 12.5. The number of ether oxygens (including phenoxy) is 2. The third-order valence-corrected chi connectivity index (χ3v) is 5.52. The fourth-order valence-electron chi connectivity index (χ4n) is 3.90. The van der Waals surface area contributed by atoms with Crippen LogP contribution in [-0.4, -0.2) is 35.8 Å². The average molecular weight is 372 g/mol. The summed E-state index contributed by atoms with van der Waals surface area (Å²) < 4.78 is 10.6. The summed E-state index contributed by atoms with van der Waals surface area (Å²) in [6.45, 7) is 3.77. The van der Waals surface area contributed by atoms with Gasteiger partial charge in [0.15, 0.2) is 0 Å². The molecule has 1 aromatic heterocycles. The molecule has 1 amide bonds. The average Bonchev–Trinajstić information content (AvgIpc) is 3.05. The number of nitrogens with one attached hydrogen (secondary N) is 2. The number of benzene rings is 1. The molecule has 0 aliphatic heterocycles. The minimum atomic E-state index is -1.21. The van der Waals surface area contributed by atoms with Crippen molar-refractivity contribution in [3.8, 4) is 0 Å².